The van der Waals surface area contributed by atoms with Crippen LogP contribution in [0, 0.1) is 0 Å². The molecular formula is C12H14N2O4. The molecule has 2 amide bonds. The fraction of sp³-hybridized carbons (Fsp3) is 0.333. The average molecular weight is 250 g/mol. The summed E-state index contributed by atoms with van der Waals surface area (Å²) in [7, 11) is 0. The second kappa shape index (κ2) is 5.05. The summed E-state index contributed by atoms with van der Waals surface area (Å²) in [4.78, 5) is 23.2. The van der Waals surface area contributed by atoms with E-state index in [-0.39, 0.29) is 17.6 Å². The van der Waals surface area contributed by atoms with E-state index < -0.39 is 18.7 Å². The Hall–Kier alpha value is -2.08. The zero-order valence-corrected chi connectivity index (χ0v) is 9.59. The zero-order chi connectivity index (χ0) is 13.1. The predicted octanol–water partition coefficient (Wildman–Crippen LogP) is -1.09. The van der Waals surface area contributed by atoms with Gasteiger partial charge in [-0.05, 0) is 17.7 Å². The molecule has 96 valence electrons. The molecule has 1 aliphatic heterocycles. The van der Waals surface area contributed by atoms with Crippen LogP contribution in [0.1, 0.15) is 5.56 Å². The SMILES string of the molecule is O=C1N[C@H](CO)C(=O)N[C@H]1Cc1ccc(O)cc1. The fourth-order valence-corrected chi connectivity index (χ4v) is 1.82. The molecule has 0 saturated carbocycles. The lowest BCUT2D eigenvalue weighted by molar-refractivity contribution is -0.137. The van der Waals surface area contributed by atoms with Crippen LogP contribution in [-0.2, 0) is 16.0 Å². The molecule has 2 atom stereocenters. The van der Waals surface area contributed by atoms with Crippen LogP contribution in [0.2, 0.25) is 0 Å². The number of hydrogen-bond acceptors (Lipinski definition) is 4. The van der Waals surface area contributed by atoms with Gasteiger partial charge in [-0.15, -0.1) is 0 Å². The van der Waals surface area contributed by atoms with Crippen LogP contribution in [0.3, 0.4) is 0 Å². The minimum atomic E-state index is -0.867. The third-order valence-electron chi connectivity index (χ3n) is 2.82. The Bertz CT molecular complexity index is 458. The predicted molar refractivity (Wildman–Crippen MR) is 62.8 cm³/mol. The monoisotopic (exact) mass is 250 g/mol. The van der Waals surface area contributed by atoms with Crippen LogP contribution < -0.4 is 10.6 Å². The van der Waals surface area contributed by atoms with Crippen molar-refractivity contribution in [2.75, 3.05) is 6.61 Å². The third-order valence-corrected chi connectivity index (χ3v) is 2.82. The molecule has 0 aliphatic carbocycles. The van der Waals surface area contributed by atoms with Gasteiger partial charge in [0.15, 0.2) is 0 Å². The standard InChI is InChI=1S/C12H14N2O4/c15-6-10-12(18)13-9(11(17)14-10)5-7-1-3-8(16)4-2-7/h1-4,9-10,15-16H,5-6H2,(H,13,18)(H,14,17)/t9-,10+/m0/s1. The molecule has 1 heterocycles. The van der Waals surface area contributed by atoms with Gasteiger partial charge in [-0.2, -0.15) is 0 Å². The molecule has 1 aliphatic rings. The number of amides is 2. The van der Waals surface area contributed by atoms with E-state index in [1.165, 1.54) is 12.1 Å². The summed E-state index contributed by atoms with van der Waals surface area (Å²) in [6.07, 6.45) is 0.343. The highest BCUT2D eigenvalue weighted by Gasteiger charge is 2.32. The van der Waals surface area contributed by atoms with Crippen LogP contribution in [0.25, 0.3) is 0 Å². The zero-order valence-electron chi connectivity index (χ0n) is 9.59. The van der Waals surface area contributed by atoms with Gasteiger partial charge >= 0.3 is 0 Å². The van der Waals surface area contributed by atoms with Crippen molar-refractivity contribution < 1.29 is 19.8 Å². The number of phenols is 1. The Morgan fingerprint density at radius 2 is 1.56 bits per heavy atom. The van der Waals surface area contributed by atoms with Crippen molar-refractivity contribution in [1.29, 1.82) is 0 Å². The molecule has 18 heavy (non-hydrogen) atoms. The number of aliphatic hydroxyl groups excluding tert-OH is 1. The van der Waals surface area contributed by atoms with Crippen molar-refractivity contribution in [3.63, 3.8) is 0 Å². The lowest BCUT2D eigenvalue weighted by Gasteiger charge is -2.28. The van der Waals surface area contributed by atoms with Gasteiger partial charge in [0, 0.05) is 6.42 Å². The van der Waals surface area contributed by atoms with E-state index in [4.69, 9.17) is 10.2 Å². The summed E-state index contributed by atoms with van der Waals surface area (Å²) in [5.74, 6) is -0.557. The number of benzene rings is 1. The van der Waals surface area contributed by atoms with Gasteiger partial charge in [0.25, 0.3) is 0 Å². The summed E-state index contributed by atoms with van der Waals surface area (Å²) < 4.78 is 0. The van der Waals surface area contributed by atoms with E-state index in [1.54, 1.807) is 12.1 Å². The molecule has 1 saturated heterocycles. The number of carbonyl (C=O) groups is 2. The van der Waals surface area contributed by atoms with Crippen LogP contribution >= 0.6 is 0 Å². The van der Waals surface area contributed by atoms with Crippen molar-refractivity contribution in [3.05, 3.63) is 29.8 Å². The number of hydrogen-bond donors (Lipinski definition) is 4. The number of piperazine rings is 1. The number of carbonyl (C=O) groups excluding carboxylic acids is 2. The summed E-state index contributed by atoms with van der Waals surface area (Å²) >= 11 is 0. The molecule has 0 radical (unpaired) electrons. The molecule has 4 N–H and O–H groups in total. The van der Waals surface area contributed by atoms with Gasteiger partial charge in [0.2, 0.25) is 11.8 Å². The number of aromatic hydroxyl groups is 1. The first kappa shape index (κ1) is 12.4. The van der Waals surface area contributed by atoms with E-state index in [1.807, 2.05) is 0 Å². The first-order chi connectivity index (χ1) is 8.60. The Morgan fingerprint density at radius 1 is 1.00 bits per heavy atom. The maximum Gasteiger partial charge on any atom is 0.245 e. The van der Waals surface area contributed by atoms with Crippen LogP contribution in [-0.4, -0.2) is 40.7 Å². The lowest BCUT2D eigenvalue weighted by Crippen LogP contribution is -2.63. The highest BCUT2D eigenvalue weighted by atomic mass is 16.3. The van der Waals surface area contributed by atoms with Crippen molar-refractivity contribution >= 4 is 11.8 Å². The topological polar surface area (TPSA) is 98.7 Å². The molecule has 0 spiro atoms. The van der Waals surface area contributed by atoms with Crippen molar-refractivity contribution in [2.45, 2.75) is 18.5 Å². The van der Waals surface area contributed by atoms with Gasteiger partial charge in [-0.1, -0.05) is 12.1 Å². The van der Waals surface area contributed by atoms with E-state index >= 15 is 0 Å². The summed E-state index contributed by atoms with van der Waals surface area (Å²) in [5.41, 5.74) is 0.829. The molecule has 1 fully saturated rings. The van der Waals surface area contributed by atoms with Crippen molar-refractivity contribution in [3.8, 4) is 5.75 Å². The van der Waals surface area contributed by atoms with E-state index in [0.29, 0.717) is 6.42 Å². The molecule has 2 rings (SSSR count). The summed E-state index contributed by atoms with van der Waals surface area (Å²) in [5, 5.41) is 23.0. The number of aliphatic hydroxyl groups is 1. The second-order valence-electron chi connectivity index (χ2n) is 4.18. The second-order valence-corrected chi connectivity index (χ2v) is 4.18. The first-order valence-electron chi connectivity index (χ1n) is 5.59. The molecule has 6 heteroatoms. The van der Waals surface area contributed by atoms with Crippen LogP contribution in [0.5, 0.6) is 5.75 Å². The van der Waals surface area contributed by atoms with Crippen molar-refractivity contribution in [1.82, 2.24) is 10.6 Å². The summed E-state index contributed by atoms with van der Waals surface area (Å²) in [6, 6.07) is 4.90. The lowest BCUT2D eigenvalue weighted by atomic mass is 10.0. The minimum absolute atomic E-state index is 0.149. The third kappa shape index (κ3) is 2.60. The number of phenolic OH excluding ortho intramolecular Hbond substituents is 1. The Balaban J connectivity index is 2.04. The fourth-order valence-electron chi connectivity index (χ4n) is 1.82. The first-order valence-corrected chi connectivity index (χ1v) is 5.59. The molecule has 0 bridgehead atoms. The Labute approximate surface area is 104 Å². The van der Waals surface area contributed by atoms with Gasteiger partial charge in [-0.25, -0.2) is 0 Å². The highest BCUT2D eigenvalue weighted by Crippen LogP contribution is 2.12. The molecule has 0 unspecified atom stereocenters. The largest absolute Gasteiger partial charge is 0.508 e. The van der Waals surface area contributed by atoms with E-state index in [0.717, 1.165) is 5.56 Å². The Morgan fingerprint density at radius 3 is 2.17 bits per heavy atom. The maximum absolute atomic E-state index is 11.7. The summed E-state index contributed by atoms with van der Waals surface area (Å²) in [6.45, 7) is -0.413. The molecule has 6 nitrogen and oxygen atoms in total. The van der Waals surface area contributed by atoms with Gasteiger partial charge < -0.3 is 20.8 Å². The number of nitrogens with one attached hydrogen (secondary N) is 2. The van der Waals surface area contributed by atoms with Crippen molar-refractivity contribution in [2.24, 2.45) is 0 Å². The molecule has 1 aromatic carbocycles. The van der Waals surface area contributed by atoms with E-state index in [9.17, 15) is 9.59 Å². The maximum atomic E-state index is 11.7. The van der Waals surface area contributed by atoms with Crippen LogP contribution in [0.15, 0.2) is 24.3 Å². The quantitative estimate of drug-likeness (QED) is 0.548. The minimum Gasteiger partial charge on any atom is -0.508 e. The number of rotatable bonds is 3. The molecule has 1 aromatic rings. The van der Waals surface area contributed by atoms with Gasteiger partial charge in [0.05, 0.1) is 6.61 Å². The van der Waals surface area contributed by atoms with Gasteiger partial charge in [0.1, 0.15) is 17.8 Å². The van der Waals surface area contributed by atoms with Gasteiger partial charge in [-0.3, -0.25) is 9.59 Å². The average Bonchev–Trinajstić information content (AvgIpc) is 2.36. The molecule has 0 aromatic heterocycles. The molecular weight excluding hydrogens is 236 g/mol. The smallest absolute Gasteiger partial charge is 0.245 e. The highest BCUT2D eigenvalue weighted by molar-refractivity contribution is 5.97. The van der Waals surface area contributed by atoms with E-state index in [2.05, 4.69) is 10.6 Å². The van der Waals surface area contributed by atoms with Crippen LogP contribution in [0.4, 0.5) is 0 Å². The Kier molecular flexibility index (Phi) is 3.47. The normalized spacial score (nSPS) is 23.4.